The molecule has 0 aromatic heterocycles. The van der Waals surface area contributed by atoms with Crippen LogP contribution in [0.3, 0.4) is 0 Å². The third kappa shape index (κ3) is 2.82. The highest BCUT2D eigenvalue weighted by atomic mass is 79.9. The minimum Gasteiger partial charge on any atom is -0.455 e. The summed E-state index contributed by atoms with van der Waals surface area (Å²) in [6, 6.07) is 13.6. The zero-order valence-electron chi connectivity index (χ0n) is 9.41. The molecule has 2 aromatic carbocycles. The average Bonchev–Trinajstić information content (AvgIpc) is 2.34. The molecule has 0 fully saturated rings. The van der Waals surface area contributed by atoms with E-state index < -0.39 is 0 Å². The van der Waals surface area contributed by atoms with E-state index in [1.54, 1.807) is 0 Å². The van der Waals surface area contributed by atoms with Crippen LogP contribution in [0, 0.1) is 6.92 Å². The predicted molar refractivity (Wildman–Crippen MR) is 75.3 cm³/mol. The van der Waals surface area contributed by atoms with E-state index in [9.17, 15) is 0 Å². The van der Waals surface area contributed by atoms with Crippen LogP contribution in [0.25, 0.3) is 0 Å². The Balaban J connectivity index is 2.39. The molecule has 0 heterocycles. The van der Waals surface area contributed by atoms with E-state index in [1.807, 2.05) is 49.4 Å². The number of ether oxygens (including phenoxy) is 1. The van der Waals surface area contributed by atoms with Gasteiger partial charge >= 0.3 is 0 Å². The second-order valence-electron chi connectivity index (χ2n) is 3.73. The maximum atomic E-state index is 6.16. The first-order valence-corrected chi connectivity index (χ1v) is 6.79. The molecule has 3 heteroatoms. The molecule has 0 spiro atoms. The van der Waals surface area contributed by atoms with Crippen LogP contribution >= 0.6 is 27.5 Å². The van der Waals surface area contributed by atoms with Crippen molar-refractivity contribution in [3.63, 3.8) is 0 Å². The van der Waals surface area contributed by atoms with Crippen molar-refractivity contribution in [2.75, 3.05) is 0 Å². The Morgan fingerprint density at radius 1 is 1.12 bits per heavy atom. The molecule has 0 aliphatic carbocycles. The molecular formula is C14H12BrClO. The van der Waals surface area contributed by atoms with Crippen molar-refractivity contribution in [3.8, 4) is 11.5 Å². The normalized spacial score (nSPS) is 10.3. The Hall–Kier alpha value is -0.990. The molecule has 0 N–H and O–H groups in total. The average molecular weight is 312 g/mol. The molecule has 0 atom stereocenters. The first-order valence-electron chi connectivity index (χ1n) is 5.29. The number of hydrogen-bond acceptors (Lipinski definition) is 1. The zero-order chi connectivity index (χ0) is 12.3. The lowest BCUT2D eigenvalue weighted by atomic mass is 10.2. The quantitative estimate of drug-likeness (QED) is 0.696. The first-order chi connectivity index (χ1) is 8.22. The van der Waals surface area contributed by atoms with E-state index in [0.717, 1.165) is 28.0 Å². The Morgan fingerprint density at radius 2 is 1.88 bits per heavy atom. The van der Waals surface area contributed by atoms with Crippen LogP contribution in [0.15, 0.2) is 42.5 Å². The Labute approximate surface area is 115 Å². The van der Waals surface area contributed by atoms with Gasteiger partial charge in [-0.1, -0.05) is 57.9 Å². The van der Waals surface area contributed by atoms with Crippen molar-refractivity contribution in [2.45, 2.75) is 12.3 Å². The van der Waals surface area contributed by atoms with E-state index in [4.69, 9.17) is 16.3 Å². The molecule has 88 valence electrons. The Kier molecular flexibility index (Phi) is 4.08. The first kappa shape index (κ1) is 12.5. The lowest BCUT2D eigenvalue weighted by Crippen LogP contribution is -1.92. The topological polar surface area (TPSA) is 9.23 Å². The molecular weight excluding hydrogens is 300 g/mol. The van der Waals surface area contributed by atoms with Gasteiger partial charge in [-0.3, -0.25) is 0 Å². The van der Waals surface area contributed by atoms with Crippen LogP contribution < -0.4 is 4.74 Å². The molecule has 17 heavy (non-hydrogen) atoms. The molecule has 0 saturated carbocycles. The highest BCUT2D eigenvalue weighted by Crippen LogP contribution is 2.35. The molecule has 0 radical (unpaired) electrons. The van der Waals surface area contributed by atoms with Gasteiger partial charge in [0.15, 0.2) is 0 Å². The second kappa shape index (κ2) is 5.56. The number of aryl methyl sites for hydroxylation is 1. The lowest BCUT2D eigenvalue weighted by Gasteiger charge is -2.12. The van der Waals surface area contributed by atoms with Crippen molar-refractivity contribution in [2.24, 2.45) is 0 Å². The molecule has 1 nitrogen and oxygen atoms in total. The highest BCUT2D eigenvalue weighted by Gasteiger charge is 2.09. The number of hydrogen-bond donors (Lipinski definition) is 0. The van der Waals surface area contributed by atoms with Crippen molar-refractivity contribution in [1.82, 2.24) is 0 Å². The largest absolute Gasteiger partial charge is 0.455 e. The molecule has 0 aliphatic rings. The Morgan fingerprint density at radius 3 is 2.59 bits per heavy atom. The van der Waals surface area contributed by atoms with Crippen molar-refractivity contribution < 1.29 is 4.74 Å². The van der Waals surface area contributed by atoms with Gasteiger partial charge in [-0.25, -0.2) is 0 Å². The maximum absolute atomic E-state index is 6.16. The summed E-state index contributed by atoms with van der Waals surface area (Å²) in [7, 11) is 0. The monoisotopic (exact) mass is 310 g/mol. The third-order valence-corrected chi connectivity index (χ3v) is 3.40. The zero-order valence-corrected chi connectivity index (χ0v) is 11.8. The molecule has 0 aliphatic heterocycles. The fourth-order valence-corrected chi connectivity index (χ4v) is 2.23. The fraction of sp³-hybridized carbons (Fsp3) is 0.143. The van der Waals surface area contributed by atoms with Gasteiger partial charge in [-0.15, -0.1) is 0 Å². The van der Waals surface area contributed by atoms with E-state index in [0.29, 0.717) is 5.02 Å². The van der Waals surface area contributed by atoms with Crippen molar-refractivity contribution in [1.29, 1.82) is 0 Å². The number of alkyl halides is 1. The summed E-state index contributed by atoms with van der Waals surface area (Å²) in [6.07, 6.45) is 0. The summed E-state index contributed by atoms with van der Waals surface area (Å²) in [4.78, 5) is 0. The second-order valence-corrected chi connectivity index (χ2v) is 4.70. The molecule has 2 rings (SSSR count). The van der Waals surface area contributed by atoms with Crippen molar-refractivity contribution in [3.05, 3.63) is 58.6 Å². The van der Waals surface area contributed by atoms with Crippen LogP contribution in [-0.2, 0) is 5.33 Å². The smallest absolute Gasteiger partial charge is 0.150 e. The van der Waals surface area contributed by atoms with Gasteiger partial charge in [0.1, 0.15) is 11.5 Å². The van der Waals surface area contributed by atoms with E-state index in [-0.39, 0.29) is 0 Å². The minimum absolute atomic E-state index is 0.630. The lowest BCUT2D eigenvalue weighted by molar-refractivity contribution is 0.475. The minimum atomic E-state index is 0.630. The molecule has 0 amide bonds. The van der Waals surface area contributed by atoms with E-state index >= 15 is 0 Å². The van der Waals surface area contributed by atoms with Gasteiger partial charge in [0.2, 0.25) is 0 Å². The SMILES string of the molecule is Cc1ccccc1Oc1c(Cl)cccc1CBr. The van der Waals surface area contributed by atoms with Crippen LogP contribution in [0.5, 0.6) is 11.5 Å². The molecule has 0 bridgehead atoms. The van der Waals surface area contributed by atoms with Crippen LogP contribution in [0.4, 0.5) is 0 Å². The van der Waals surface area contributed by atoms with Gasteiger partial charge in [0.25, 0.3) is 0 Å². The summed E-state index contributed by atoms with van der Waals surface area (Å²) in [5, 5.41) is 1.35. The van der Waals surface area contributed by atoms with Gasteiger partial charge in [-0.05, 0) is 24.6 Å². The van der Waals surface area contributed by atoms with E-state index in [1.165, 1.54) is 0 Å². The maximum Gasteiger partial charge on any atom is 0.150 e. The van der Waals surface area contributed by atoms with Gasteiger partial charge in [0, 0.05) is 10.9 Å². The van der Waals surface area contributed by atoms with Gasteiger partial charge in [-0.2, -0.15) is 0 Å². The number of para-hydroxylation sites is 2. The summed E-state index contributed by atoms with van der Waals surface area (Å²) < 4.78 is 5.90. The molecule has 0 saturated heterocycles. The third-order valence-electron chi connectivity index (χ3n) is 2.50. The van der Waals surface area contributed by atoms with Crippen LogP contribution in [-0.4, -0.2) is 0 Å². The van der Waals surface area contributed by atoms with Crippen LogP contribution in [0.1, 0.15) is 11.1 Å². The Bertz CT molecular complexity index is 525. The highest BCUT2D eigenvalue weighted by molar-refractivity contribution is 9.08. The fourth-order valence-electron chi connectivity index (χ4n) is 1.55. The van der Waals surface area contributed by atoms with Crippen LogP contribution in [0.2, 0.25) is 5.02 Å². The van der Waals surface area contributed by atoms with Gasteiger partial charge < -0.3 is 4.74 Å². The molecule has 2 aromatic rings. The predicted octanol–water partition coefficient (Wildman–Crippen LogP) is 5.34. The summed E-state index contributed by atoms with van der Waals surface area (Å²) in [5.74, 6) is 1.56. The van der Waals surface area contributed by atoms with Gasteiger partial charge in [0.05, 0.1) is 5.02 Å². The molecule has 0 unspecified atom stereocenters. The number of rotatable bonds is 3. The summed E-state index contributed by atoms with van der Waals surface area (Å²) in [6.45, 7) is 2.01. The summed E-state index contributed by atoms with van der Waals surface area (Å²) in [5.41, 5.74) is 2.13. The summed E-state index contributed by atoms with van der Waals surface area (Å²) >= 11 is 9.60. The number of benzene rings is 2. The van der Waals surface area contributed by atoms with Crippen molar-refractivity contribution >= 4 is 27.5 Å². The number of halogens is 2. The van der Waals surface area contributed by atoms with E-state index in [2.05, 4.69) is 15.9 Å². The standard InChI is InChI=1S/C14H12BrClO/c1-10-5-2-3-8-13(10)17-14-11(9-15)6-4-7-12(14)16/h2-8H,9H2,1H3.